The van der Waals surface area contributed by atoms with E-state index in [-0.39, 0.29) is 18.3 Å². The third kappa shape index (κ3) is 5.58. The number of piperidine rings is 2. The summed E-state index contributed by atoms with van der Waals surface area (Å²) in [5, 5.41) is 11.8. The molecule has 6 nitrogen and oxygen atoms in total. The molecule has 2 aliphatic heterocycles. The molecule has 2 aromatic rings. The van der Waals surface area contributed by atoms with Gasteiger partial charge in [0.15, 0.2) is 5.69 Å². The molecule has 0 spiro atoms. The smallest absolute Gasteiger partial charge is 0.276 e. The van der Waals surface area contributed by atoms with Crippen molar-refractivity contribution in [2.24, 2.45) is 5.92 Å². The van der Waals surface area contributed by atoms with E-state index in [9.17, 15) is 4.79 Å². The van der Waals surface area contributed by atoms with Crippen molar-refractivity contribution in [2.75, 3.05) is 26.2 Å². The summed E-state index contributed by atoms with van der Waals surface area (Å²) < 4.78 is 1.89. The maximum absolute atomic E-state index is 12.8. The van der Waals surface area contributed by atoms with Crippen LogP contribution in [-0.2, 0) is 6.42 Å². The van der Waals surface area contributed by atoms with Crippen LogP contribution >= 0.6 is 12.4 Å². The Morgan fingerprint density at radius 1 is 1.10 bits per heavy atom. The summed E-state index contributed by atoms with van der Waals surface area (Å²) in [5.74, 6) is 0.743. The second kappa shape index (κ2) is 10.2. The highest BCUT2D eigenvalue weighted by Gasteiger charge is 2.26. The number of aromatic nitrogens is 3. The molecule has 7 heteroatoms. The molecule has 0 atom stereocenters. The van der Waals surface area contributed by atoms with Gasteiger partial charge in [0.1, 0.15) is 0 Å². The van der Waals surface area contributed by atoms with Gasteiger partial charge in [0.25, 0.3) is 5.91 Å². The lowest BCUT2D eigenvalue weighted by atomic mass is 9.90. The van der Waals surface area contributed by atoms with Crippen LogP contribution in [0.15, 0.2) is 30.5 Å². The van der Waals surface area contributed by atoms with E-state index in [2.05, 4.69) is 46.8 Å². The van der Waals surface area contributed by atoms with Crippen LogP contribution in [0.25, 0.3) is 0 Å². The molecule has 4 rings (SSSR count). The number of carbonyl (C=O) groups excluding carboxylic acids is 1. The molecule has 0 radical (unpaired) electrons. The third-order valence-corrected chi connectivity index (χ3v) is 6.28. The third-order valence-electron chi connectivity index (χ3n) is 6.28. The number of likely N-dealkylation sites (tertiary alicyclic amines) is 1. The quantitative estimate of drug-likeness (QED) is 0.809. The lowest BCUT2D eigenvalue weighted by Gasteiger charge is -2.31. The van der Waals surface area contributed by atoms with Crippen molar-refractivity contribution in [1.29, 1.82) is 0 Å². The molecule has 0 saturated carbocycles. The Labute approximate surface area is 179 Å². The molecule has 1 amide bonds. The van der Waals surface area contributed by atoms with Crippen LogP contribution in [0, 0.1) is 12.8 Å². The Morgan fingerprint density at radius 2 is 1.79 bits per heavy atom. The Bertz CT molecular complexity index is 777. The normalized spacial score (nSPS) is 18.4. The van der Waals surface area contributed by atoms with Gasteiger partial charge in [0.05, 0.1) is 12.2 Å². The molecule has 0 aliphatic carbocycles. The van der Waals surface area contributed by atoms with E-state index in [4.69, 9.17) is 0 Å². The van der Waals surface area contributed by atoms with Gasteiger partial charge < -0.3 is 10.2 Å². The van der Waals surface area contributed by atoms with Crippen LogP contribution < -0.4 is 5.32 Å². The molecule has 1 aromatic heterocycles. The first-order chi connectivity index (χ1) is 13.7. The van der Waals surface area contributed by atoms with Gasteiger partial charge in [0.2, 0.25) is 0 Å². The van der Waals surface area contributed by atoms with Gasteiger partial charge in [-0.2, -0.15) is 0 Å². The van der Waals surface area contributed by atoms with E-state index in [0.717, 1.165) is 58.3 Å². The number of nitrogens with one attached hydrogen (secondary N) is 1. The molecule has 0 bridgehead atoms. The van der Waals surface area contributed by atoms with Gasteiger partial charge >= 0.3 is 0 Å². The maximum atomic E-state index is 12.8. The van der Waals surface area contributed by atoms with Crippen LogP contribution in [0.2, 0.25) is 0 Å². The van der Waals surface area contributed by atoms with Crippen molar-refractivity contribution in [2.45, 2.75) is 51.5 Å². The molecule has 2 aliphatic rings. The fourth-order valence-corrected chi connectivity index (χ4v) is 4.34. The zero-order valence-corrected chi connectivity index (χ0v) is 18.0. The summed E-state index contributed by atoms with van der Waals surface area (Å²) in [6, 6.07) is 9.21. The van der Waals surface area contributed by atoms with Crippen molar-refractivity contribution >= 4 is 18.3 Å². The first kappa shape index (κ1) is 21.8. The Balaban J connectivity index is 0.00000240. The maximum Gasteiger partial charge on any atom is 0.276 e. The average Bonchev–Trinajstić information content (AvgIpc) is 3.24. The van der Waals surface area contributed by atoms with E-state index < -0.39 is 0 Å². The highest BCUT2D eigenvalue weighted by atomic mass is 35.5. The first-order valence-electron chi connectivity index (χ1n) is 10.7. The predicted octanol–water partition coefficient (Wildman–Crippen LogP) is 3.42. The van der Waals surface area contributed by atoms with Crippen molar-refractivity contribution in [3.63, 3.8) is 0 Å². The molecular weight excluding hydrogens is 386 g/mol. The lowest BCUT2D eigenvalue weighted by Crippen LogP contribution is -2.38. The molecule has 2 fully saturated rings. The zero-order valence-electron chi connectivity index (χ0n) is 17.2. The van der Waals surface area contributed by atoms with Gasteiger partial charge in [0, 0.05) is 13.1 Å². The standard InChI is InChI=1S/C22H31N5O.ClH/c1-17-2-4-18(5-3-17)6-7-19-10-14-26(15-11-19)22(28)21-16-27(25-24-21)20-8-12-23-13-9-20;/h2-5,16,19-20,23H,6-15H2,1H3;1H. The molecule has 1 N–H and O–H groups in total. The summed E-state index contributed by atoms with van der Waals surface area (Å²) in [5.41, 5.74) is 3.22. The summed E-state index contributed by atoms with van der Waals surface area (Å²) >= 11 is 0. The van der Waals surface area contributed by atoms with Crippen LogP contribution in [0.1, 0.15) is 59.8 Å². The van der Waals surface area contributed by atoms with E-state index >= 15 is 0 Å². The molecule has 2 saturated heterocycles. The minimum absolute atomic E-state index is 0. The predicted molar refractivity (Wildman–Crippen MR) is 117 cm³/mol. The monoisotopic (exact) mass is 417 g/mol. The van der Waals surface area contributed by atoms with Gasteiger partial charge in [-0.05, 0) is 70.0 Å². The highest BCUT2D eigenvalue weighted by molar-refractivity contribution is 5.92. The van der Waals surface area contributed by atoms with E-state index in [1.165, 1.54) is 17.5 Å². The Kier molecular flexibility index (Phi) is 7.67. The summed E-state index contributed by atoms with van der Waals surface area (Å²) in [6.07, 6.45) is 8.44. The molecule has 0 unspecified atom stereocenters. The van der Waals surface area contributed by atoms with Gasteiger partial charge in [-0.1, -0.05) is 35.0 Å². The largest absolute Gasteiger partial charge is 0.337 e. The van der Waals surface area contributed by atoms with Crippen molar-refractivity contribution in [3.05, 3.63) is 47.3 Å². The minimum atomic E-state index is 0. The SMILES string of the molecule is Cc1ccc(CCC2CCN(C(=O)c3cn(C4CCNCC4)nn3)CC2)cc1.Cl. The summed E-state index contributed by atoms with van der Waals surface area (Å²) in [4.78, 5) is 14.8. The van der Waals surface area contributed by atoms with Gasteiger partial charge in [-0.15, -0.1) is 17.5 Å². The van der Waals surface area contributed by atoms with E-state index in [0.29, 0.717) is 17.7 Å². The van der Waals surface area contributed by atoms with Gasteiger partial charge in [-0.25, -0.2) is 4.68 Å². The van der Waals surface area contributed by atoms with Crippen LogP contribution in [0.3, 0.4) is 0 Å². The fourth-order valence-electron chi connectivity index (χ4n) is 4.34. The first-order valence-corrected chi connectivity index (χ1v) is 10.7. The number of aryl methyl sites for hydroxylation is 2. The number of hydrogen-bond donors (Lipinski definition) is 1. The zero-order chi connectivity index (χ0) is 19.3. The second-order valence-corrected chi connectivity index (χ2v) is 8.32. The number of halogens is 1. The van der Waals surface area contributed by atoms with Crippen molar-refractivity contribution < 1.29 is 4.79 Å². The average molecular weight is 418 g/mol. The summed E-state index contributed by atoms with van der Waals surface area (Å²) in [6.45, 7) is 5.80. The van der Waals surface area contributed by atoms with E-state index in [1.807, 2.05) is 15.8 Å². The van der Waals surface area contributed by atoms with Crippen molar-refractivity contribution in [1.82, 2.24) is 25.2 Å². The Morgan fingerprint density at radius 3 is 2.48 bits per heavy atom. The minimum Gasteiger partial charge on any atom is -0.337 e. The number of nitrogens with zero attached hydrogens (tertiary/aromatic N) is 4. The van der Waals surface area contributed by atoms with E-state index in [1.54, 1.807) is 0 Å². The van der Waals surface area contributed by atoms with Crippen LogP contribution in [0.5, 0.6) is 0 Å². The highest BCUT2D eigenvalue weighted by Crippen LogP contribution is 2.24. The number of rotatable bonds is 5. The van der Waals surface area contributed by atoms with Crippen LogP contribution in [0.4, 0.5) is 0 Å². The molecular formula is C22H32ClN5O. The molecule has 1 aromatic carbocycles. The number of carbonyl (C=O) groups is 1. The number of amides is 1. The van der Waals surface area contributed by atoms with Crippen molar-refractivity contribution in [3.8, 4) is 0 Å². The lowest BCUT2D eigenvalue weighted by molar-refractivity contribution is 0.0681. The number of benzene rings is 1. The Hall–Kier alpha value is -1.92. The molecule has 29 heavy (non-hydrogen) atoms. The molecule has 3 heterocycles. The second-order valence-electron chi connectivity index (χ2n) is 8.32. The van der Waals surface area contributed by atoms with Gasteiger partial charge in [-0.3, -0.25) is 4.79 Å². The fraction of sp³-hybridized carbons (Fsp3) is 0.591. The number of hydrogen-bond acceptors (Lipinski definition) is 4. The topological polar surface area (TPSA) is 63.1 Å². The molecule has 158 valence electrons. The van der Waals surface area contributed by atoms with Crippen LogP contribution in [-0.4, -0.2) is 52.0 Å². The summed E-state index contributed by atoms with van der Waals surface area (Å²) in [7, 11) is 0.